The fraction of sp³-hybridized carbons (Fsp3) is 0.500. The van der Waals surface area contributed by atoms with Gasteiger partial charge in [0.1, 0.15) is 5.75 Å². The molecule has 1 saturated heterocycles. The van der Waals surface area contributed by atoms with Crippen molar-refractivity contribution < 1.29 is 5.11 Å². The summed E-state index contributed by atoms with van der Waals surface area (Å²) in [6.45, 7) is 4.34. The van der Waals surface area contributed by atoms with Crippen molar-refractivity contribution in [1.29, 1.82) is 0 Å². The third-order valence-electron chi connectivity index (χ3n) is 3.08. The van der Waals surface area contributed by atoms with Crippen LogP contribution in [0.2, 0.25) is 0 Å². The number of rotatable bonds is 2. The maximum absolute atomic E-state index is 9.64. The van der Waals surface area contributed by atoms with Crippen LogP contribution >= 0.6 is 15.9 Å². The monoisotopic (exact) mass is 269 g/mol. The average Bonchev–Trinajstić information content (AvgIpc) is 2.67. The average molecular weight is 270 g/mol. The van der Waals surface area contributed by atoms with Crippen LogP contribution in [0.5, 0.6) is 5.75 Å². The summed E-state index contributed by atoms with van der Waals surface area (Å²) in [5, 5.41) is 13.0. The van der Waals surface area contributed by atoms with Gasteiger partial charge in [-0.25, -0.2) is 0 Å². The first-order valence-corrected chi connectivity index (χ1v) is 6.15. The summed E-state index contributed by atoms with van der Waals surface area (Å²) < 4.78 is 0.785. The van der Waals surface area contributed by atoms with Gasteiger partial charge in [-0.2, -0.15) is 0 Å². The van der Waals surface area contributed by atoms with Crippen molar-refractivity contribution >= 4 is 15.9 Å². The molecule has 1 atom stereocenters. The molecular weight excluding hydrogens is 254 g/mol. The molecule has 1 unspecified atom stereocenters. The molecule has 0 aromatic heterocycles. The van der Waals surface area contributed by atoms with E-state index in [1.807, 2.05) is 12.1 Å². The zero-order valence-electron chi connectivity index (χ0n) is 8.89. The van der Waals surface area contributed by atoms with E-state index >= 15 is 0 Å². The van der Waals surface area contributed by atoms with Crippen molar-refractivity contribution in [1.82, 2.24) is 5.32 Å². The number of phenols is 1. The Balaban J connectivity index is 2.16. The molecule has 1 heterocycles. The maximum atomic E-state index is 9.64. The molecule has 1 aromatic rings. The van der Waals surface area contributed by atoms with Crippen LogP contribution in [-0.2, 0) is 6.42 Å². The van der Waals surface area contributed by atoms with Gasteiger partial charge < -0.3 is 10.4 Å². The van der Waals surface area contributed by atoms with E-state index in [0.717, 1.165) is 29.9 Å². The lowest BCUT2D eigenvalue weighted by atomic mass is 9.95. The van der Waals surface area contributed by atoms with Gasteiger partial charge in [0.15, 0.2) is 0 Å². The van der Waals surface area contributed by atoms with E-state index in [0.29, 0.717) is 5.75 Å². The summed E-state index contributed by atoms with van der Waals surface area (Å²) in [6, 6.07) is 3.88. The minimum atomic E-state index is 0.349. The number of aromatic hydroxyl groups is 1. The summed E-state index contributed by atoms with van der Waals surface area (Å²) >= 11 is 3.33. The molecule has 1 fully saturated rings. The normalized spacial score (nSPS) is 20.8. The number of hydrogen-bond donors (Lipinski definition) is 2. The van der Waals surface area contributed by atoms with Crippen molar-refractivity contribution in [2.45, 2.75) is 19.8 Å². The van der Waals surface area contributed by atoms with E-state index in [2.05, 4.69) is 28.2 Å². The van der Waals surface area contributed by atoms with Crippen LogP contribution in [0.25, 0.3) is 0 Å². The standard InChI is InChI=1S/C12H16BrNO/c1-8-4-11(13)12(15)6-10(8)5-9-2-3-14-7-9/h4,6,9,14-15H,2-3,5,7H2,1H3. The fourth-order valence-electron chi connectivity index (χ4n) is 2.12. The Morgan fingerprint density at radius 1 is 1.53 bits per heavy atom. The quantitative estimate of drug-likeness (QED) is 0.865. The molecule has 15 heavy (non-hydrogen) atoms. The Labute approximate surface area is 98.8 Å². The molecule has 0 bridgehead atoms. The Morgan fingerprint density at radius 3 is 3.00 bits per heavy atom. The molecule has 1 aromatic carbocycles. The summed E-state index contributed by atoms with van der Waals surface area (Å²) in [6.07, 6.45) is 2.32. The highest BCUT2D eigenvalue weighted by atomic mass is 79.9. The highest BCUT2D eigenvalue weighted by Crippen LogP contribution is 2.29. The Bertz CT molecular complexity index is 359. The first kappa shape index (κ1) is 11.0. The van der Waals surface area contributed by atoms with E-state index in [9.17, 15) is 5.11 Å². The first-order valence-electron chi connectivity index (χ1n) is 5.35. The maximum Gasteiger partial charge on any atom is 0.130 e. The Kier molecular flexibility index (Phi) is 3.32. The van der Waals surface area contributed by atoms with Gasteiger partial charge in [0, 0.05) is 0 Å². The lowest BCUT2D eigenvalue weighted by Gasteiger charge is -2.12. The van der Waals surface area contributed by atoms with Gasteiger partial charge in [-0.05, 0) is 78.0 Å². The van der Waals surface area contributed by atoms with Crippen molar-refractivity contribution in [2.75, 3.05) is 13.1 Å². The van der Waals surface area contributed by atoms with Crippen molar-refractivity contribution in [3.8, 4) is 5.75 Å². The summed E-state index contributed by atoms with van der Waals surface area (Å²) in [7, 11) is 0. The minimum Gasteiger partial charge on any atom is -0.507 e. The molecule has 0 saturated carbocycles. The minimum absolute atomic E-state index is 0.349. The summed E-state index contributed by atoms with van der Waals surface area (Å²) in [4.78, 5) is 0. The second-order valence-corrected chi connectivity index (χ2v) is 5.15. The molecule has 0 spiro atoms. The topological polar surface area (TPSA) is 32.3 Å². The van der Waals surface area contributed by atoms with E-state index < -0.39 is 0 Å². The zero-order valence-corrected chi connectivity index (χ0v) is 10.5. The van der Waals surface area contributed by atoms with Gasteiger partial charge in [0.05, 0.1) is 4.47 Å². The van der Waals surface area contributed by atoms with E-state index in [4.69, 9.17) is 0 Å². The number of phenolic OH excluding ortho intramolecular Hbond substituents is 1. The molecule has 2 N–H and O–H groups in total. The van der Waals surface area contributed by atoms with Gasteiger partial charge in [-0.1, -0.05) is 0 Å². The number of hydrogen-bond acceptors (Lipinski definition) is 2. The van der Waals surface area contributed by atoms with Crippen LogP contribution in [-0.4, -0.2) is 18.2 Å². The third kappa shape index (κ3) is 2.52. The SMILES string of the molecule is Cc1cc(Br)c(O)cc1CC1CCNC1. The number of benzene rings is 1. The highest BCUT2D eigenvalue weighted by Gasteiger charge is 2.16. The smallest absolute Gasteiger partial charge is 0.130 e. The number of halogens is 1. The van der Waals surface area contributed by atoms with Crippen LogP contribution in [0, 0.1) is 12.8 Å². The molecule has 2 nitrogen and oxygen atoms in total. The lowest BCUT2D eigenvalue weighted by Crippen LogP contribution is -2.11. The highest BCUT2D eigenvalue weighted by molar-refractivity contribution is 9.10. The molecule has 0 radical (unpaired) electrons. The fourth-order valence-corrected chi connectivity index (χ4v) is 2.58. The molecule has 0 amide bonds. The van der Waals surface area contributed by atoms with Crippen molar-refractivity contribution in [3.05, 3.63) is 27.7 Å². The number of nitrogens with one attached hydrogen (secondary N) is 1. The second kappa shape index (κ2) is 4.54. The summed E-state index contributed by atoms with van der Waals surface area (Å²) in [5.41, 5.74) is 2.52. The molecule has 0 aliphatic carbocycles. The van der Waals surface area contributed by atoms with E-state index in [-0.39, 0.29) is 0 Å². The predicted molar refractivity (Wildman–Crippen MR) is 65.2 cm³/mol. The van der Waals surface area contributed by atoms with Gasteiger partial charge in [-0.3, -0.25) is 0 Å². The van der Waals surface area contributed by atoms with Crippen LogP contribution in [0.4, 0.5) is 0 Å². The summed E-state index contributed by atoms with van der Waals surface area (Å²) in [5.74, 6) is 1.07. The molecule has 1 aliphatic rings. The largest absolute Gasteiger partial charge is 0.507 e. The van der Waals surface area contributed by atoms with Gasteiger partial charge in [-0.15, -0.1) is 0 Å². The molecule has 3 heteroatoms. The van der Waals surface area contributed by atoms with E-state index in [1.54, 1.807) is 0 Å². The van der Waals surface area contributed by atoms with Gasteiger partial charge in [0.2, 0.25) is 0 Å². The molecule has 82 valence electrons. The van der Waals surface area contributed by atoms with Crippen molar-refractivity contribution in [3.63, 3.8) is 0 Å². The lowest BCUT2D eigenvalue weighted by molar-refractivity contribution is 0.469. The van der Waals surface area contributed by atoms with Gasteiger partial charge in [0.25, 0.3) is 0 Å². The van der Waals surface area contributed by atoms with Crippen LogP contribution < -0.4 is 5.32 Å². The van der Waals surface area contributed by atoms with Crippen LogP contribution in [0.15, 0.2) is 16.6 Å². The molecular formula is C12H16BrNO. The molecule has 2 rings (SSSR count). The molecule has 1 aliphatic heterocycles. The van der Waals surface area contributed by atoms with Crippen LogP contribution in [0.3, 0.4) is 0 Å². The predicted octanol–water partition coefficient (Wildman–Crippen LogP) is 2.62. The third-order valence-corrected chi connectivity index (χ3v) is 3.71. The van der Waals surface area contributed by atoms with Crippen LogP contribution in [0.1, 0.15) is 17.5 Å². The second-order valence-electron chi connectivity index (χ2n) is 4.29. The zero-order chi connectivity index (χ0) is 10.8. The Morgan fingerprint density at radius 2 is 2.33 bits per heavy atom. The van der Waals surface area contributed by atoms with Gasteiger partial charge >= 0.3 is 0 Å². The number of aryl methyl sites for hydroxylation is 1. The Hall–Kier alpha value is -0.540. The first-order chi connectivity index (χ1) is 7.16. The van der Waals surface area contributed by atoms with E-state index in [1.165, 1.54) is 17.5 Å². The van der Waals surface area contributed by atoms with Crippen molar-refractivity contribution in [2.24, 2.45) is 5.92 Å².